The number of nitrogens with zero attached hydrogens (tertiary/aromatic N) is 2. The smallest absolute Gasteiger partial charge is 0.308 e. The molecule has 1 fully saturated rings. The summed E-state index contributed by atoms with van der Waals surface area (Å²) in [5.41, 5.74) is 1.95. The van der Waals surface area contributed by atoms with Crippen molar-refractivity contribution < 1.29 is 19.4 Å². The summed E-state index contributed by atoms with van der Waals surface area (Å²) in [5.74, 6) is -1.42. The van der Waals surface area contributed by atoms with E-state index in [-0.39, 0.29) is 18.4 Å². The minimum atomic E-state index is -0.906. The van der Waals surface area contributed by atoms with Gasteiger partial charge in [-0.15, -0.1) is 0 Å². The molecule has 1 aliphatic heterocycles. The molecule has 7 nitrogen and oxygen atoms in total. The van der Waals surface area contributed by atoms with E-state index >= 15 is 0 Å². The topological polar surface area (TPSA) is 95.5 Å². The van der Waals surface area contributed by atoms with Crippen molar-refractivity contribution in [1.82, 2.24) is 15.1 Å². The first-order chi connectivity index (χ1) is 11.5. The molecule has 0 spiro atoms. The van der Waals surface area contributed by atoms with E-state index in [4.69, 9.17) is 4.74 Å². The van der Waals surface area contributed by atoms with Crippen LogP contribution in [-0.2, 0) is 4.79 Å². The number of H-pyrrole nitrogens is 1. The van der Waals surface area contributed by atoms with Crippen LogP contribution in [0.15, 0.2) is 30.3 Å². The summed E-state index contributed by atoms with van der Waals surface area (Å²) in [4.78, 5) is 25.8. The second kappa shape index (κ2) is 6.35. The van der Waals surface area contributed by atoms with E-state index in [1.807, 2.05) is 31.2 Å². The molecule has 1 aliphatic rings. The number of aromatic amines is 1. The molecule has 2 aromatic rings. The summed E-state index contributed by atoms with van der Waals surface area (Å²) in [7, 11) is 1.57. The van der Waals surface area contributed by atoms with Gasteiger partial charge in [-0.25, -0.2) is 0 Å². The van der Waals surface area contributed by atoms with Gasteiger partial charge in [0, 0.05) is 24.7 Å². The molecule has 0 bridgehead atoms. The van der Waals surface area contributed by atoms with Crippen molar-refractivity contribution in [2.45, 2.75) is 12.8 Å². The van der Waals surface area contributed by atoms with Crippen LogP contribution in [0.2, 0.25) is 0 Å². The van der Waals surface area contributed by atoms with Crippen molar-refractivity contribution in [1.29, 1.82) is 0 Å². The Bertz CT molecular complexity index is 771. The minimum absolute atomic E-state index is 0.169. The van der Waals surface area contributed by atoms with Crippen LogP contribution < -0.4 is 4.74 Å². The lowest BCUT2D eigenvalue weighted by atomic mass is 9.89. The number of ether oxygens (including phenoxy) is 1. The highest BCUT2D eigenvalue weighted by Crippen LogP contribution is 2.35. The van der Waals surface area contributed by atoms with Crippen LogP contribution in [0.5, 0.6) is 5.75 Å². The number of hydrogen-bond donors (Lipinski definition) is 2. The second-order valence-corrected chi connectivity index (χ2v) is 5.97. The molecule has 1 aromatic heterocycles. The lowest BCUT2D eigenvalue weighted by Crippen LogP contribution is -2.30. The SMILES string of the molecule is COc1cccc([C@@H]2CN(C(=O)c3cc(C)[nH]n3)C[C@H]2C(=O)O)c1. The number of benzene rings is 1. The normalized spacial score (nSPS) is 20.2. The van der Waals surface area contributed by atoms with Crippen LogP contribution >= 0.6 is 0 Å². The maximum atomic E-state index is 12.6. The predicted octanol–water partition coefficient (Wildman–Crippen LogP) is 1.67. The Balaban J connectivity index is 1.86. The third-order valence-corrected chi connectivity index (χ3v) is 4.37. The van der Waals surface area contributed by atoms with Gasteiger partial charge in [-0.1, -0.05) is 12.1 Å². The molecule has 1 saturated heterocycles. The molecule has 1 amide bonds. The fourth-order valence-corrected chi connectivity index (χ4v) is 3.12. The highest BCUT2D eigenvalue weighted by atomic mass is 16.5. The molecule has 0 aliphatic carbocycles. The Morgan fingerprint density at radius 1 is 1.33 bits per heavy atom. The highest BCUT2D eigenvalue weighted by Gasteiger charge is 2.41. The number of carbonyl (C=O) groups is 2. The van der Waals surface area contributed by atoms with Crippen molar-refractivity contribution in [3.05, 3.63) is 47.3 Å². The summed E-state index contributed by atoms with van der Waals surface area (Å²) in [6.07, 6.45) is 0. The van der Waals surface area contributed by atoms with Gasteiger partial charge in [0.25, 0.3) is 5.91 Å². The van der Waals surface area contributed by atoms with Crippen LogP contribution in [-0.4, -0.2) is 52.3 Å². The molecule has 3 rings (SSSR count). The van der Waals surface area contributed by atoms with Crippen LogP contribution in [0.3, 0.4) is 0 Å². The summed E-state index contributed by atoms with van der Waals surface area (Å²) in [6, 6.07) is 9.00. The molecular weight excluding hydrogens is 310 g/mol. The van der Waals surface area contributed by atoms with Crippen molar-refractivity contribution in [3.63, 3.8) is 0 Å². The summed E-state index contributed by atoms with van der Waals surface area (Å²) in [6.45, 7) is 2.32. The number of carboxylic acids is 1. The Morgan fingerprint density at radius 2 is 2.12 bits per heavy atom. The molecule has 24 heavy (non-hydrogen) atoms. The fraction of sp³-hybridized carbons (Fsp3) is 0.353. The average Bonchev–Trinajstić information content (AvgIpc) is 3.21. The highest BCUT2D eigenvalue weighted by molar-refractivity contribution is 5.93. The molecule has 0 saturated carbocycles. The van der Waals surface area contributed by atoms with Gasteiger partial charge in [-0.2, -0.15) is 5.10 Å². The number of methoxy groups -OCH3 is 1. The van der Waals surface area contributed by atoms with Gasteiger partial charge in [0.15, 0.2) is 0 Å². The van der Waals surface area contributed by atoms with E-state index in [0.717, 1.165) is 11.3 Å². The number of carbonyl (C=O) groups excluding carboxylic acids is 1. The van der Waals surface area contributed by atoms with Gasteiger partial charge in [-0.3, -0.25) is 14.7 Å². The fourth-order valence-electron chi connectivity index (χ4n) is 3.12. The van der Waals surface area contributed by atoms with Gasteiger partial charge in [0.05, 0.1) is 13.0 Å². The number of aliphatic carboxylic acids is 1. The minimum Gasteiger partial charge on any atom is -0.497 e. The number of nitrogens with one attached hydrogen (secondary N) is 1. The number of likely N-dealkylation sites (tertiary alicyclic amines) is 1. The van der Waals surface area contributed by atoms with Crippen LogP contribution in [0.25, 0.3) is 0 Å². The van der Waals surface area contributed by atoms with Gasteiger partial charge < -0.3 is 14.7 Å². The number of aromatic nitrogens is 2. The Morgan fingerprint density at radius 3 is 2.75 bits per heavy atom. The third-order valence-electron chi connectivity index (χ3n) is 4.37. The zero-order chi connectivity index (χ0) is 17.3. The molecule has 2 heterocycles. The summed E-state index contributed by atoms with van der Waals surface area (Å²) < 4.78 is 5.21. The van der Waals surface area contributed by atoms with E-state index in [1.54, 1.807) is 18.1 Å². The summed E-state index contributed by atoms with van der Waals surface area (Å²) in [5, 5.41) is 16.3. The molecular formula is C17H19N3O4. The maximum Gasteiger partial charge on any atom is 0.308 e. The van der Waals surface area contributed by atoms with E-state index in [2.05, 4.69) is 10.2 Å². The van der Waals surface area contributed by atoms with Crippen molar-refractivity contribution in [3.8, 4) is 5.75 Å². The first kappa shape index (κ1) is 16.0. The summed E-state index contributed by atoms with van der Waals surface area (Å²) >= 11 is 0. The van der Waals surface area contributed by atoms with Crippen LogP contribution in [0.1, 0.15) is 27.7 Å². The monoisotopic (exact) mass is 329 g/mol. The molecule has 2 N–H and O–H groups in total. The number of amides is 1. The standard InChI is InChI=1S/C17H19N3O4/c1-10-6-15(19-18-10)16(21)20-8-13(14(9-20)17(22)23)11-4-3-5-12(7-11)24-2/h3-7,13-14H,8-9H2,1-2H3,(H,18,19)(H,22,23)/t13-,14+/m0/s1. The number of aryl methyl sites for hydroxylation is 1. The largest absolute Gasteiger partial charge is 0.497 e. The number of rotatable bonds is 4. The molecule has 1 aromatic carbocycles. The molecule has 0 unspecified atom stereocenters. The Hall–Kier alpha value is -2.83. The quantitative estimate of drug-likeness (QED) is 0.889. The first-order valence-corrected chi connectivity index (χ1v) is 7.67. The predicted molar refractivity (Wildman–Crippen MR) is 86.1 cm³/mol. The Labute approximate surface area is 139 Å². The molecule has 126 valence electrons. The van der Waals surface area contributed by atoms with Gasteiger partial charge in [0.1, 0.15) is 11.4 Å². The lowest BCUT2D eigenvalue weighted by molar-refractivity contribution is -0.141. The maximum absolute atomic E-state index is 12.6. The molecule has 0 radical (unpaired) electrons. The van der Waals surface area contributed by atoms with E-state index in [0.29, 0.717) is 18.0 Å². The van der Waals surface area contributed by atoms with Crippen LogP contribution in [0, 0.1) is 12.8 Å². The molecule has 7 heteroatoms. The average molecular weight is 329 g/mol. The first-order valence-electron chi connectivity index (χ1n) is 7.67. The number of hydrogen-bond acceptors (Lipinski definition) is 4. The van der Waals surface area contributed by atoms with Gasteiger partial charge in [0.2, 0.25) is 0 Å². The van der Waals surface area contributed by atoms with Crippen LogP contribution in [0.4, 0.5) is 0 Å². The molecule has 2 atom stereocenters. The van der Waals surface area contributed by atoms with Crippen molar-refractivity contribution >= 4 is 11.9 Å². The van der Waals surface area contributed by atoms with E-state index in [1.165, 1.54) is 0 Å². The van der Waals surface area contributed by atoms with Crippen molar-refractivity contribution in [2.24, 2.45) is 5.92 Å². The van der Waals surface area contributed by atoms with Gasteiger partial charge >= 0.3 is 5.97 Å². The third kappa shape index (κ3) is 2.97. The second-order valence-electron chi connectivity index (χ2n) is 5.97. The number of carboxylic acid groups (broad SMARTS) is 1. The van der Waals surface area contributed by atoms with Gasteiger partial charge in [-0.05, 0) is 30.7 Å². The zero-order valence-corrected chi connectivity index (χ0v) is 13.5. The lowest BCUT2D eigenvalue weighted by Gasteiger charge is -2.16. The Kier molecular flexibility index (Phi) is 4.24. The van der Waals surface area contributed by atoms with E-state index < -0.39 is 11.9 Å². The zero-order valence-electron chi connectivity index (χ0n) is 13.5. The van der Waals surface area contributed by atoms with Crippen molar-refractivity contribution in [2.75, 3.05) is 20.2 Å². The van der Waals surface area contributed by atoms with E-state index in [9.17, 15) is 14.7 Å².